The number of hydrogen-bond donors (Lipinski definition) is 1. The Balaban J connectivity index is 1.55. The number of likely N-dealkylation sites (N-methyl/N-ethyl adjacent to an activating group) is 1. The highest BCUT2D eigenvalue weighted by Crippen LogP contribution is 2.19. The number of para-hydroxylation sites is 1. The third-order valence-electron chi connectivity index (χ3n) is 4.60. The molecule has 0 saturated carbocycles. The summed E-state index contributed by atoms with van der Waals surface area (Å²) in [4.78, 5) is 22.3. The van der Waals surface area contributed by atoms with E-state index in [1.807, 2.05) is 71.2 Å². The molecular formula is C20H20N4O. The lowest BCUT2D eigenvalue weighted by molar-refractivity contribution is -0.130. The van der Waals surface area contributed by atoms with Gasteiger partial charge in [-0.3, -0.25) is 4.79 Å². The van der Waals surface area contributed by atoms with Gasteiger partial charge in [0.05, 0.1) is 24.9 Å². The molecule has 0 bridgehead atoms. The van der Waals surface area contributed by atoms with Crippen molar-refractivity contribution in [1.29, 1.82) is 0 Å². The third kappa shape index (κ3) is 2.89. The standard InChI is InChI=1S/C20H20N4O/c1-2-23(14-16-13-22-19-9-5-6-10-24(16)19)20(25)11-15-12-21-18-8-4-3-7-17(15)18/h3-10,12-13,21H,2,11,14H2,1H3. The highest BCUT2D eigenvalue weighted by Gasteiger charge is 2.16. The number of imidazole rings is 1. The first kappa shape index (κ1) is 15.4. The number of pyridine rings is 1. The molecule has 1 aromatic carbocycles. The van der Waals surface area contributed by atoms with Gasteiger partial charge in [-0.1, -0.05) is 24.3 Å². The van der Waals surface area contributed by atoms with E-state index in [0.717, 1.165) is 27.8 Å². The van der Waals surface area contributed by atoms with Crippen LogP contribution in [0.1, 0.15) is 18.2 Å². The van der Waals surface area contributed by atoms with Crippen LogP contribution < -0.4 is 0 Å². The Hall–Kier alpha value is -3.08. The Bertz CT molecular complexity index is 1030. The van der Waals surface area contributed by atoms with Gasteiger partial charge < -0.3 is 14.3 Å². The van der Waals surface area contributed by atoms with Gasteiger partial charge in [0, 0.05) is 29.8 Å². The largest absolute Gasteiger partial charge is 0.361 e. The van der Waals surface area contributed by atoms with Crippen LogP contribution in [0.3, 0.4) is 0 Å². The van der Waals surface area contributed by atoms with E-state index in [9.17, 15) is 4.79 Å². The molecule has 0 aliphatic carbocycles. The minimum Gasteiger partial charge on any atom is -0.361 e. The number of nitrogens with one attached hydrogen (secondary N) is 1. The molecule has 3 aromatic heterocycles. The first-order valence-corrected chi connectivity index (χ1v) is 8.50. The maximum Gasteiger partial charge on any atom is 0.227 e. The zero-order valence-corrected chi connectivity index (χ0v) is 14.1. The zero-order valence-electron chi connectivity index (χ0n) is 14.1. The number of aromatic amines is 1. The van der Waals surface area contributed by atoms with E-state index in [4.69, 9.17) is 0 Å². The van der Waals surface area contributed by atoms with Crippen LogP contribution in [0.2, 0.25) is 0 Å². The lowest BCUT2D eigenvalue weighted by Gasteiger charge is -2.20. The van der Waals surface area contributed by atoms with Crippen molar-refractivity contribution in [1.82, 2.24) is 19.3 Å². The van der Waals surface area contributed by atoms with Gasteiger partial charge >= 0.3 is 0 Å². The molecule has 0 atom stereocenters. The number of carbonyl (C=O) groups is 1. The van der Waals surface area contributed by atoms with E-state index in [1.165, 1.54) is 0 Å². The molecule has 1 N–H and O–H groups in total. The van der Waals surface area contributed by atoms with Crippen molar-refractivity contribution in [3.63, 3.8) is 0 Å². The molecule has 0 unspecified atom stereocenters. The van der Waals surface area contributed by atoms with Gasteiger partial charge in [-0.05, 0) is 30.7 Å². The minimum absolute atomic E-state index is 0.123. The van der Waals surface area contributed by atoms with Gasteiger partial charge in [-0.25, -0.2) is 4.98 Å². The van der Waals surface area contributed by atoms with Crippen LogP contribution in [0.15, 0.2) is 61.1 Å². The highest BCUT2D eigenvalue weighted by molar-refractivity contribution is 5.88. The van der Waals surface area contributed by atoms with Gasteiger partial charge in [-0.15, -0.1) is 0 Å². The maximum absolute atomic E-state index is 12.8. The number of carbonyl (C=O) groups excluding carboxylic acids is 1. The van der Waals surface area contributed by atoms with Crippen molar-refractivity contribution >= 4 is 22.5 Å². The molecule has 0 saturated heterocycles. The molecule has 0 fully saturated rings. The molecule has 1 amide bonds. The summed E-state index contributed by atoms with van der Waals surface area (Å²) in [5.74, 6) is 0.123. The Morgan fingerprint density at radius 3 is 2.92 bits per heavy atom. The van der Waals surface area contributed by atoms with E-state index in [2.05, 4.69) is 16.0 Å². The molecule has 4 rings (SSSR count). The van der Waals surface area contributed by atoms with Crippen LogP contribution >= 0.6 is 0 Å². The Kier molecular flexibility index (Phi) is 3.98. The summed E-state index contributed by atoms with van der Waals surface area (Å²) in [6.07, 6.45) is 6.16. The number of rotatable bonds is 5. The average Bonchev–Trinajstić information content (AvgIpc) is 3.24. The number of fused-ring (bicyclic) bond motifs is 2. The fourth-order valence-electron chi connectivity index (χ4n) is 3.23. The molecule has 126 valence electrons. The molecule has 3 heterocycles. The normalized spacial score (nSPS) is 11.2. The second kappa shape index (κ2) is 6.43. The number of nitrogens with zero attached hydrogens (tertiary/aromatic N) is 3. The molecule has 0 aliphatic rings. The Morgan fingerprint density at radius 1 is 1.20 bits per heavy atom. The van der Waals surface area contributed by atoms with Crippen molar-refractivity contribution in [3.05, 3.63) is 72.3 Å². The number of aromatic nitrogens is 3. The van der Waals surface area contributed by atoms with Crippen molar-refractivity contribution in [3.8, 4) is 0 Å². The second-order valence-corrected chi connectivity index (χ2v) is 6.12. The van der Waals surface area contributed by atoms with Gasteiger partial charge in [0.25, 0.3) is 0 Å². The molecular weight excluding hydrogens is 312 g/mol. The quantitative estimate of drug-likeness (QED) is 0.609. The fraction of sp³-hybridized carbons (Fsp3) is 0.200. The summed E-state index contributed by atoms with van der Waals surface area (Å²) in [5, 5.41) is 1.11. The highest BCUT2D eigenvalue weighted by atomic mass is 16.2. The predicted molar refractivity (Wildman–Crippen MR) is 98.3 cm³/mol. The summed E-state index contributed by atoms with van der Waals surface area (Å²) < 4.78 is 2.03. The van der Waals surface area contributed by atoms with E-state index < -0.39 is 0 Å². The SMILES string of the molecule is CCN(Cc1cnc2ccccn12)C(=O)Cc1c[nH]c2ccccc12. The van der Waals surface area contributed by atoms with Crippen LogP contribution in [0.4, 0.5) is 0 Å². The lowest BCUT2D eigenvalue weighted by atomic mass is 10.1. The molecule has 4 aromatic rings. The Morgan fingerprint density at radius 2 is 2.04 bits per heavy atom. The van der Waals surface area contributed by atoms with Gasteiger partial charge in [0.15, 0.2) is 0 Å². The predicted octanol–water partition coefficient (Wildman–Crippen LogP) is 3.41. The Labute approximate surface area is 145 Å². The smallest absolute Gasteiger partial charge is 0.227 e. The zero-order chi connectivity index (χ0) is 17.2. The summed E-state index contributed by atoms with van der Waals surface area (Å²) >= 11 is 0. The number of benzene rings is 1. The monoisotopic (exact) mass is 332 g/mol. The summed E-state index contributed by atoms with van der Waals surface area (Å²) in [5.41, 5.74) is 4.02. The topological polar surface area (TPSA) is 53.4 Å². The van der Waals surface area contributed by atoms with Crippen molar-refractivity contribution in [2.24, 2.45) is 0 Å². The van der Waals surface area contributed by atoms with E-state index in [0.29, 0.717) is 19.5 Å². The summed E-state index contributed by atoms with van der Waals surface area (Å²) in [6.45, 7) is 3.24. The number of amides is 1. The lowest BCUT2D eigenvalue weighted by Crippen LogP contribution is -2.32. The molecule has 5 heteroatoms. The third-order valence-corrected chi connectivity index (χ3v) is 4.60. The molecule has 5 nitrogen and oxygen atoms in total. The molecule has 0 radical (unpaired) electrons. The summed E-state index contributed by atoms with van der Waals surface area (Å²) in [6, 6.07) is 14.0. The number of hydrogen-bond acceptors (Lipinski definition) is 2. The number of H-pyrrole nitrogens is 1. The second-order valence-electron chi connectivity index (χ2n) is 6.12. The fourth-order valence-corrected chi connectivity index (χ4v) is 3.23. The van der Waals surface area contributed by atoms with Crippen LogP contribution in [0.5, 0.6) is 0 Å². The first-order chi connectivity index (χ1) is 12.3. The van der Waals surface area contributed by atoms with Crippen LogP contribution in [0.25, 0.3) is 16.6 Å². The van der Waals surface area contributed by atoms with Crippen LogP contribution in [-0.4, -0.2) is 31.7 Å². The van der Waals surface area contributed by atoms with Gasteiger partial charge in [-0.2, -0.15) is 0 Å². The summed E-state index contributed by atoms with van der Waals surface area (Å²) in [7, 11) is 0. The van der Waals surface area contributed by atoms with E-state index >= 15 is 0 Å². The minimum atomic E-state index is 0.123. The van der Waals surface area contributed by atoms with Crippen molar-refractivity contribution in [2.75, 3.05) is 6.54 Å². The van der Waals surface area contributed by atoms with Crippen LogP contribution in [-0.2, 0) is 17.8 Å². The molecule has 25 heavy (non-hydrogen) atoms. The first-order valence-electron chi connectivity index (χ1n) is 8.50. The average molecular weight is 332 g/mol. The molecule has 0 aliphatic heterocycles. The van der Waals surface area contributed by atoms with Crippen molar-refractivity contribution < 1.29 is 4.79 Å². The van der Waals surface area contributed by atoms with Gasteiger partial charge in [0.2, 0.25) is 5.91 Å². The van der Waals surface area contributed by atoms with Crippen molar-refractivity contribution in [2.45, 2.75) is 19.9 Å². The molecule has 0 spiro atoms. The maximum atomic E-state index is 12.8. The van der Waals surface area contributed by atoms with E-state index in [-0.39, 0.29) is 5.91 Å². The van der Waals surface area contributed by atoms with E-state index in [1.54, 1.807) is 0 Å². The van der Waals surface area contributed by atoms with Crippen LogP contribution in [0, 0.1) is 0 Å². The van der Waals surface area contributed by atoms with Gasteiger partial charge in [0.1, 0.15) is 5.65 Å².